The van der Waals surface area contributed by atoms with Gasteiger partial charge in [0.2, 0.25) is 5.95 Å². The van der Waals surface area contributed by atoms with Crippen molar-refractivity contribution in [1.29, 1.82) is 0 Å². The molecule has 160 valence electrons. The van der Waals surface area contributed by atoms with Gasteiger partial charge in [-0.15, -0.1) is 0 Å². The molecule has 0 bridgehead atoms. The summed E-state index contributed by atoms with van der Waals surface area (Å²) in [6, 6.07) is 12.2. The van der Waals surface area contributed by atoms with Gasteiger partial charge < -0.3 is 15.7 Å². The van der Waals surface area contributed by atoms with Gasteiger partial charge in [0.15, 0.2) is 5.82 Å². The molecule has 0 unspecified atom stereocenters. The van der Waals surface area contributed by atoms with Crippen LogP contribution >= 0.6 is 11.6 Å². The second-order valence-corrected chi connectivity index (χ2v) is 7.64. The fourth-order valence-corrected chi connectivity index (χ4v) is 3.67. The third-order valence-corrected chi connectivity index (χ3v) is 5.22. The Morgan fingerprint density at radius 2 is 2.06 bits per heavy atom. The highest BCUT2D eigenvalue weighted by molar-refractivity contribution is 6.30. The van der Waals surface area contributed by atoms with Crippen molar-refractivity contribution < 1.29 is 14.3 Å². The number of nitrogens with one attached hydrogen (secondary N) is 2. The highest BCUT2D eigenvalue weighted by atomic mass is 35.5. The van der Waals surface area contributed by atoms with Crippen molar-refractivity contribution in [3.8, 4) is 0 Å². The zero-order chi connectivity index (χ0) is 22.0. The fourth-order valence-electron chi connectivity index (χ4n) is 3.55. The maximum atomic E-state index is 14.1. The first-order chi connectivity index (χ1) is 15.0. The number of carbonyl (C=O) groups is 1. The van der Waals surface area contributed by atoms with Gasteiger partial charge in [0.05, 0.1) is 5.57 Å². The molecule has 4 rings (SSSR count). The van der Waals surface area contributed by atoms with E-state index in [9.17, 15) is 9.18 Å². The highest BCUT2D eigenvalue weighted by Crippen LogP contribution is 2.36. The second kappa shape index (κ2) is 8.87. The van der Waals surface area contributed by atoms with E-state index < -0.39 is 11.9 Å². The summed E-state index contributed by atoms with van der Waals surface area (Å²) >= 11 is 5.93. The van der Waals surface area contributed by atoms with Gasteiger partial charge in [-0.05, 0) is 55.3 Å². The summed E-state index contributed by atoms with van der Waals surface area (Å²) in [4.78, 5) is 17.8. The third kappa shape index (κ3) is 4.45. The third-order valence-electron chi connectivity index (χ3n) is 4.97. The van der Waals surface area contributed by atoms with Crippen molar-refractivity contribution >= 4 is 29.1 Å². The summed E-state index contributed by atoms with van der Waals surface area (Å²) in [5.74, 6) is 0.237. The zero-order valence-corrected chi connectivity index (χ0v) is 17.5. The fraction of sp³-hybridized carbons (Fsp3) is 0.227. The van der Waals surface area contributed by atoms with Gasteiger partial charge >= 0.3 is 0 Å². The number of fused-ring (bicyclic) bond motifs is 1. The lowest BCUT2D eigenvalue weighted by Gasteiger charge is -2.28. The lowest BCUT2D eigenvalue weighted by molar-refractivity contribution is -0.113. The summed E-state index contributed by atoms with van der Waals surface area (Å²) < 4.78 is 15.7. The monoisotopic (exact) mass is 441 g/mol. The summed E-state index contributed by atoms with van der Waals surface area (Å²) in [7, 11) is 0. The number of carbonyl (C=O) groups excluding carboxylic acids is 1. The standard InChI is InChI=1S/C22H21ClFN5O2/c1-13-19(21(31)26-17-9-7-15(23)8-10-17)20(14-4-2-5-16(24)12-14)29-22(25-13)27-18(28-29)6-3-11-30/h2,4-5,7-10,12,20,30H,3,6,11H2,1H3,(H,26,31)(H,25,27,28)/t20-/m1/s1. The van der Waals surface area contributed by atoms with Gasteiger partial charge in [-0.1, -0.05) is 23.7 Å². The lowest BCUT2D eigenvalue weighted by atomic mass is 9.95. The maximum Gasteiger partial charge on any atom is 0.255 e. The van der Waals surface area contributed by atoms with E-state index in [4.69, 9.17) is 16.7 Å². The molecular formula is C22H21ClFN5O2. The zero-order valence-electron chi connectivity index (χ0n) is 16.8. The molecule has 1 aliphatic rings. The molecule has 1 atom stereocenters. The van der Waals surface area contributed by atoms with Crippen LogP contribution in [0.25, 0.3) is 0 Å². The van der Waals surface area contributed by atoms with Crippen molar-refractivity contribution in [2.45, 2.75) is 25.8 Å². The van der Waals surface area contributed by atoms with Crippen LogP contribution in [0.2, 0.25) is 5.02 Å². The Balaban J connectivity index is 1.75. The Bertz CT molecular complexity index is 1140. The van der Waals surface area contributed by atoms with Crippen LogP contribution in [0.1, 0.15) is 30.8 Å². The van der Waals surface area contributed by atoms with E-state index >= 15 is 0 Å². The first kappa shape index (κ1) is 21.0. The normalized spacial score (nSPS) is 15.4. The molecule has 31 heavy (non-hydrogen) atoms. The largest absolute Gasteiger partial charge is 0.396 e. The van der Waals surface area contributed by atoms with Crippen molar-refractivity contribution in [2.24, 2.45) is 0 Å². The topological polar surface area (TPSA) is 92.1 Å². The van der Waals surface area contributed by atoms with E-state index in [1.165, 1.54) is 12.1 Å². The molecule has 3 N–H and O–H groups in total. The molecule has 2 aromatic carbocycles. The minimum Gasteiger partial charge on any atom is -0.396 e. The van der Waals surface area contributed by atoms with Crippen molar-refractivity contribution in [3.05, 3.63) is 82.0 Å². The SMILES string of the molecule is CC1=C(C(=O)Nc2ccc(Cl)cc2)[C@@H](c2cccc(F)c2)n2nc(CCCO)nc2N1. The summed E-state index contributed by atoms with van der Waals surface area (Å²) in [5, 5.41) is 20.2. The molecule has 1 amide bonds. The lowest BCUT2D eigenvalue weighted by Crippen LogP contribution is -2.31. The van der Waals surface area contributed by atoms with Gasteiger partial charge in [0.1, 0.15) is 11.9 Å². The molecule has 9 heteroatoms. The van der Waals surface area contributed by atoms with Gasteiger partial charge in [-0.2, -0.15) is 10.1 Å². The molecule has 0 spiro atoms. The van der Waals surface area contributed by atoms with Gasteiger partial charge in [-0.25, -0.2) is 9.07 Å². The van der Waals surface area contributed by atoms with Crippen molar-refractivity contribution in [3.63, 3.8) is 0 Å². The molecule has 0 saturated carbocycles. The van der Waals surface area contributed by atoms with E-state index in [1.54, 1.807) is 48.0 Å². The van der Waals surface area contributed by atoms with Crippen LogP contribution in [-0.2, 0) is 11.2 Å². The smallest absolute Gasteiger partial charge is 0.255 e. The summed E-state index contributed by atoms with van der Waals surface area (Å²) in [6.07, 6.45) is 1.00. The quantitative estimate of drug-likeness (QED) is 0.539. The Kier molecular flexibility index (Phi) is 6.01. The number of aryl methyl sites for hydroxylation is 1. The number of halogens is 2. The number of rotatable bonds is 6. The Labute approximate surface area is 183 Å². The molecule has 7 nitrogen and oxygen atoms in total. The van der Waals surface area contributed by atoms with Crippen LogP contribution < -0.4 is 10.6 Å². The minimum absolute atomic E-state index is 0.0245. The molecule has 0 fully saturated rings. The molecule has 3 aromatic rings. The molecule has 1 aromatic heterocycles. The van der Waals surface area contributed by atoms with Gasteiger partial charge in [-0.3, -0.25) is 4.79 Å². The number of aromatic nitrogens is 3. The van der Waals surface area contributed by atoms with Crippen LogP contribution in [0.3, 0.4) is 0 Å². The summed E-state index contributed by atoms with van der Waals surface area (Å²) in [6.45, 7) is 1.80. The van der Waals surface area contributed by atoms with Crippen molar-refractivity contribution in [2.75, 3.05) is 17.2 Å². The molecule has 1 aliphatic heterocycles. The number of aliphatic hydroxyl groups is 1. The number of anilines is 2. The predicted octanol–water partition coefficient (Wildman–Crippen LogP) is 3.92. The molecule has 2 heterocycles. The maximum absolute atomic E-state index is 14.1. The number of benzene rings is 2. The highest BCUT2D eigenvalue weighted by Gasteiger charge is 2.34. The Morgan fingerprint density at radius 3 is 2.77 bits per heavy atom. The first-order valence-electron chi connectivity index (χ1n) is 9.82. The number of aliphatic hydroxyl groups excluding tert-OH is 1. The molecule has 0 radical (unpaired) electrons. The Morgan fingerprint density at radius 1 is 1.29 bits per heavy atom. The van der Waals surface area contributed by atoms with E-state index in [1.807, 2.05) is 0 Å². The molecular weight excluding hydrogens is 421 g/mol. The number of amides is 1. The van der Waals surface area contributed by atoms with Gasteiger partial charge in [0, 0.05) is 29.4 Å². The molecule has 0 aliphatic carbocycles. The number of allylic oxidation sites excluding steroid dienone is 1. The number of hydrogen-bond donors (Lipinski definition) is 3. The Hall–Kier alpha value is -3.23. The number of hydrogen-bond acceptors (Lipinski definition) is 5. The van der Waals surface area contributed by atoms with Crippen LogP contribution in [0.15, 0.2) is 59.8 Å². The van der Waals surface area contributed by atoms with Crippen molar-refractivity contribution in [1.82, 2.24) is 14.8 Å². The van der Waals surface area contributed by atoms with Crippen LogP contribution in [-0.4, -0.2) is 32.4 Å². The van der Waals surface area contributed by atoms with Crippen LogP contribution in [0.4, 0.5) is 16.0 Å². The second-order valence-electron chi connectivity index (χ2n) is 7.21. The van der Waals surface area contributed by atoms with Crippen LogP contribution in [0.5, 0.6) is 0 Å². The first-order valence-corrected chi connectivity index (χ1v) is 10.2. The van der Waals surface area contributed by atoms with Crippen LogP contribution in [0, 0.1) is 5.82 Å². The van der Waals surface area contributed by atoms with E-state index in [0.717, 1.165) is 0 Å². The van der Waals surface area contributed by atoms with E-state index in [0.29, 0.717) is 52.2 Å². The number of nitrogens with zero attached hydrogens (tertiary/aromatic N) is 3. The summed E-state index contributed by atoms with van der Waals surface area (Å²) in [5.41, 5.74) is 2.14. The van der Waals surface area contributed by atoms with E-state index in [-0.39, 0.29) is 12.5 Å². The average Bonchev–Trinajstić information content (AvgIpc) is 3.15. The minimum atomic E-state index is -0.672. The average molecular weight is 442 g/mol. The van der Waals surface area contributed by atoms with E-state index in [2.05, 4.69) is 20.7 Å². The van der Waals surface area contributed by atoms with Gasteiger partial charge in [0.25, 0.3) is 5.91 Å². The predicted molar refractivity (Wildman–Crippen MR) is 116 cm³/mol. The molecule has 0 saturated heterocycles.